The van der Waals surface area contributed by atoms with Gasteiger partial charge in [0.15, 0.2) is 0 Å². The summed E-state index contributed by atoms with van der Waals surface area (Å²) in [6, 6.07) is 23.7. The molecule has 1 N–H and O–H groups in total. The lowest BCUT2D eigenvalue weighted by molar-refractivity contribution is 0.102. The van der Waals surface area contributed by atoms with Crippen LogP contribution in [-0.4, -0.2) is 15.5 Å². The number of imidazole rings is 1. The number of carbonyl (C=O) groups excluding carboxylic acids is 1. The number of amides is 1. The Bertz CT molecular complexity index is 1140. The first kappa shape index (κ1) is 18.3. The van der Waals surface area contributed by atoms with Crippen LogP contribution in [0.5, 0.6) is 0 Å². The van der Waals surface area contributed by atoms with E-state index in [1.165, 1.54) is 0 Å². The van der Waals surface area contributed by atoms with E-state index in [1.54, 1.807) is 11.8 Å². The predicted octanol–water partition coefficient (Wildman–Crippen LogP) is 5.54. The van der Waals surface area contributed by atoms with Gasteiger partial charge in [-0.05, 0) is 42.5 Å². The topological polar surface area (TPSA) is 46.9 Å². The van der Waals surface area contributed by atoms with Gasteiger partial charge in [-0.3, -0.25) is 4.79 Å². The Morgan fingerprint density at radius 2 is 1.79 bits per heavy atom. The van der Waals surface area contributed by atoms with Crippen molar-refractivity contribution in [3.8, 4) is 0 Å². The molecule has 28 heavy (non-hydrogen) atoms. The van der Waals surface area contributed by atoms with Gasteiger partial charge in [-0.2, -0.15) is 0 Å². The van der Waals surface area contributed by atoms with E-state index in [1.807, 2.05) is 67.7 Å². The summed E-state index contributed by atoms with van der Waals surface area (Å²) in [6.07, 6.45) is 0.858. The van der Waals surface area contributed by atoms with Crippen LogP contribution >= 0.6 is 11.8 Å². The SMILES string of the molecule is CCc1nc2cc(C(=O)Nc3ccccc3Sc3ccccc3)ccc2n1C. The Balaban J connectivity index is 1.59. The normalized spacial score (nSPS) is 10.9. The second kappa shape index (κ2) is 7.90. The minimum Gasteiger partial charge on any atom is -0.331 e. The van der Waals surface area contributed by atoms with E-state index in [-0.39, 0.29) is 5.91 Å². The number of nitrogens with zero attached hydrogens (tertiary/aromatic N) is 2. The van der Waals surface area contributed by atoms with E-state index in [0.29, 0.717) is 5.56 Å². The average Bonchev–Trinajstić information content (AvgIpc) is 3.05. The molecular formula is C23H21N3OS. The molecule has 1 heterocycles. The molecule has 4 aromatic rings. The monoisotopic (exact) mass is 387 g/mol. The van der Waals surface area contributed by atoms with Gasteiger partial charge < -0.3 is 9.88 Å². The van der Waals surface area contributed by atoms with Crippen LogP contribution in [0.3, 0.4) is 0 Å². The maximum atomic E-state index is 12.9. The molecule has 4 nitrogen and oxygen atoms in total. The third-order valence-electron chi connectivity index (χ3n) is 4.66. The number of para-hydroxylation sites is 1. The second-order valence-electron chi connectivity index (χ2n) is 6.51. The number of rotatable bonds is 5. The fourth-order valence-corrected chi connectivity index (χ4v) is 4.10. The Morgan fingerprint density at radius 1 is 1.04 bits per heavy atom. The zero-order valence-electron chi connectivity index (χ0n) is 15.8. The first-order chi connectivity index (χ1) is 13.7. The molecule has 0 radical (unpaired) electrons. The molecule has 0 bridgehead atoms. The Morgan fingerprint density at radius 3 is 2.57 bits per heavy atom. The highest BCUT2D eigenvalue weighted by atomic mass is 32.2. The van der Waals surface area contributed by atoms with Crippen molar-refractivity contribution in [2.24, 2.45) is 7.05 Å². The van der Waals surface area contributed by atoms with Crippen LogP contribution in [0.2, 0.25) is 0 Å². The van der Waals surface area contributed by atoms with E-state index in [4.69, 9.17) is 0 Å². The van der Waals surface area contributed by atoms with Crippen molar-refractivity contribution in [2.75, 3.05) is 5.32 Å². The first-order valence-electron chi connectivity index (χ1n) is 9.24. The van der Waals surface area contributed by atoms with E-state index in [0.717, 1.165) is 38.8 Å². The smallest absolute Gasteiger partial charge is 0.255 e. The maximum Gasteiger partial charge on any atom is 0.255 e. The molecule has 0 aliphatic heterocycles. The van der Waals surface area contributed by atoms with Crippen LogP contribution in [0.1, 0.15) is 23.1 Å². The van der Waals surface area contributed by atoms with Gasteiger partial charge in [0.05, 0.1) is 16.7 Å². The highest BCUT2D eigenvalue weighted by molar-refractivity contribution is 7.99. The lowest BCUT2D eigenvalue weighted by Crippen LogP contribution is -2.12. The van der Waals surface area contributed by atoms with Crippen molar-refractivity contribution >= 4 is 34.4 Å². The molecule has 0 aliphatic carbocycles. The van der Waals surface area contributed by atoms with Gasteiger partial charge in [-0.1, -0.05) is 49.0 Å². The molecule has 140 valence electrons. The molecule has 5 heteroatoms. The lowest BCUT2D eigenvalue weighted by atomic mass is 10.2. The largest absolute Gasteiger partial charge is 0.331 e. The van der Waals surface area contributed by atoms with Crippen LogP contribution in [-0.2, 0) is 13.5 Å². The molecule has 0 aliphatic rings. The predicted molar refractivity (Wildman–Crippen MR) is 115 cm³/mol. The number of fused-ring (bicyclic) bond motifs is 1. The molecular weight excluding hydrogens is 366 g/mol. The summed E-state index contributed by atoms with van der Waals surface area (Å²) >= 11 is 1.63. The Labute approximate surface area is 168 Å². The van der Waals surface area contributed by atoms with Crippen molar-refractivity contribution in [1.29, 1.82) is 0 Å². The maximum absolute atomic E-state index is 12.9. The number of hydrogen-bond donors (Lipinski definition) is 1. The first-order valence-corrected chi connectivity index (χ1v) is 10.1. The van der Waals surface area contributed by atoms with E-state index in [9.17, 15) is 4.79 Å². The van der Waals surface area contributed by atoms with Gasteiger partial charge in [-0.25, -0.2) is 4.98 Å². The fourth-order valence-electron chi connectivity index (χ4n) is 3.18. The zero-order chi connectivity index (χ0) is 19.5. The summed E-state index contributed by atoms with van der Waals surface area (Å²) < 4.78 is 2.07. The number of anilines is 1. The number of aromatic nitrogens is 2. The van der Waals surface area contributed by atoms with Gasteiger partial charge in [-0.15, -0.1) is 0 Å². The summed E-state index contributed by atoms with van der Waals surface area (Å²) in [6.45, 7) is 2.08. The number of aryl methyl sites for hydroxylation is 2. The molecule has 1 amide bonds. The summed E-state index contributed by atoms with van der Waals surface area (Å²) in [4.78, 5) is 19.6. The molecule has 0 atom stereocenters. The minimum absolute atomic E-state index is 0.133. The van der Waals surface area contributed by atoms with Crippen LogP contribution in [0, 0.1) is 0 Å². The summed E-state index contributed by atoms with van der Waals surface area (Å²) in [5.74, 6) is 0.879. The molecule has 0 saturated carbocycles. The molecule has 0 unspecified atom stereocenters. The summed E-state index contributed by atoms with van der Waals surface area (Å²) in [5.41, 5.74) is 3.29. The Kier molecular flexibility index (Phi) is 5.17. The van der Waals surface area contributed by atoms with Crippen molar-refractivity contribution < 1.29 is 4.79 Å². The minimum atomic E-state index is -0.133. The number of benzene rings is 3. The van der Waals surface area contributed by atoms with Crippen molar-refractivity contribution in [3.63, 3.8) is 0 Å². The van der Waals surface area contributed by atoms with Crippen LogP contribution in [0.25, 0.3) is 11.0 Å². The number of nitrogens with one attached hydrogen (secondary N) is 1. The van der Waals surface area contributed by atoms with Gasteiger partial charge in [0, 0.05) is 28.8 Å². The standard InChI is InChI=1S/C23H21N3OS/c1-3-22-24-19-15-16(13-14-20(19)26(22)2)23(27)25-18-11-7-8-12-21(18)28-17-9-5-4-6-10-17/h4-15H,3H2,1-2H3,(H,25,27). The lowest BCUT2D eigenvalue weighted by Gasteiger charge is -2.11. The van der Waals surface area contributed by atoms with Crippen LogP contribution in [0.15, 0.2) is 82.6 Å². The molecule has 1 aromatic heterocycles. The highest BCUT2D eigenvalue weighted by Gasteiger charge is 2.13. The van der Waals surface area contributed by atoms with Gasteiger partial charge in [0.2, 0.25) is 0 Å². The van der Waals surface area contributed by atoms with Gasteiger partial charge in [0.1, 0.15) is 5.82 Å². The van der Waals surface area contributed by atoms with E-state index in [2.05, 4.69) is 33.9 Å². The molecule has 0 fully saturated rings. The van der Waals surface area contributed by atoms with Crippen molar-refractivity contribution in [1.82, 2.24) is 9.55 Å². The Hall–Kier alpha value is -3.05. The highest BCUT2D eigenvalue weighted by Crippen LogP contribution is 2.33. The third-order valence-corrected chi connectivity index (χ3v) is 5.74. The zero-order valence-corrected chi connectivity index (χ0v) is 16.7. The number of carbonyl (C=O) groups is 1. The van der Waals surface area contributed by atoms with E-state index >= 15 is 0 Å². The second-order valence-corrected chi connectivity index (χ2v) is 7.62. The van der Waals surface area contributed by atoms with Gasteiger partial charge >= 0.3 is 0 Å². The van der Waals surface area contributed by atoms with Crippen LogP contribution in [0.4, 0.5) is 5.69 Å². The van der Waals surface area contributed by atoms with Gasteiger partial charge in [0.25, 0.3) is 5.91 Å². The third kappa shape index (κ3) is 3.66. The number of hydrogen-bond acceptors (Lipinski definition) is 3. The molecule has 0 spiro atoms. The van der Waals surface area contributed by atoms with Crippen molar-refractivity contribution in [2.45, 2.75) is 23.1 Å². The van der Waals surface area contributed by atoms with Crippen molar-refractivity contribution in [3.05, 3.63) is 84.2 Å². The van der Waals surface area contributed by atoms with Crippen LogP contribution < -0.4 is 5.32 Å². The van der Waals surface area contributed by atoms with E-state index < -0.39 is 0 Å². The molecule has 3 aromatic carbocycles. The quantitative estimate of drug-likeness (QED) is 0.489. The summed E-state index contributed by atoms with van der Waals surface area (Å²) in [5, 5.41) is 3.05. The molecule has 4 rings (SSSR count). The summed E-state index contributed by atoms with van der Waals surface area (Å²) in [7, 11) is 2.00. The average molecular weight is 388 g/mol. The fraction of sp³-hybridized carbons (Fsp3) is 0.130. The molecule has 0 saturated heterocycles.